The zero-order valence-corrected chi connectivity index (χ0v) is 23.6. The van der Waals surface area contributed by atoms with E-state index in [1.165, 1.54) is 41.3 Å². The standard InChI is InChI=1S/C29H34N4O6S/c1-4-5-18-30-29(35)23(3)31(20-24-11-9-10-22(2)19-24)28(34)21-32(25-14-16-26(17-15-25)33(36)37)40(38,39)27-12-7-6-8-13-27/h6-17,19,23H,4-5,18,20-21H2,1-3H3,(H,30,35). The van der Waals surface area contributed by atoms with Gasteiger partial charge in [0.15, 0.2) is 0 Å². The molecule has 0 heterocycles. The van der Waals surface area contributed by atoms with Crippen LogP contribution in [0.1, 0.15) is 37.8 Å². The molecule has 1 N–H and O–H groups in total. The molecule has 0 spiro atoms. The lowest BCUT2D eigenvalue weighted by Gasteiger charge is -2.32. The molecule has 0 aromatic heterocycles. The van der Waals surface area contributed by atoms with Crippen molar-refractivity contribution in [1.82, 2.24) is 10.2 Å². The van der Waals surface area contributed by atoms with Crippen molar-refractivity contribution < 1.29 is 22.9 Å². The maximum absolute atomic E-state index is 13.9. The van der Waals surface area contributed by atoms with E-state index in [0.717, 1.165) is 28.3 Å². The maximum atomic E-state index is 13.9. The Morgan fingerprint density at radius 1 is 1.00 bits per heavy atom. The largest absolute Gasteiger partial charge is 0.354 e. The number of nitrogens with one attached hydrogen (secondary N) is 1. The molecule has 3 aromatic carbocycles. The van der Waals surface area contributed by atoms with Crippen LogP contribution in [0.5, 0.6) is 0 Å². The third kappa shape index (κ3) is 7.66. The highest BCUT2D eigenvalue weighted by Crippen LogP contribution is 2.26. The molecule has 0 aliphatic carbocycles. The minimum atomic E-state index is -4.24. The van der Waals surface area contributed by atoms with Crippen molar-refractivity contribution in [3.63, 3.8) is 0 Å². The molecule has 0 fully saturated rings. The summed E-state index contributed by atoms with van der Waals surface area (Å²) < 4.78 is 28.4. The molecule has 2 amide bonds. The van der Waals surface area contributed by atoms with Gasteiger partial charge in [-0.3, -0.25) is 24.0 Å². The van der Waals surface area contributed by atoms with Gasteiger partial charge in [0.25, 0.3) is 15.7 Å². The van der Waals surface area contributed by atoms with Gasteiger partial charge in [-0.25, -0.2) is 8.42 Å². The highest BCUT2D eigenvalue weighted by molar-refractivity contribution is 7.92. The first-order valence-corrected chi connectivity index (χ1v) is 14.4. The number of nitro groups is 1. The summed E-state index contributed by atoms with van der Waals surface area (Å²) >= 11 is 0. The van der Waals surface area contributed by atoms with Crippen LogP contribution in [-0.4, -0.2) is 49.2 Å². The highest BCUT2D eigenvalue weighted by atomic mass is 32.2. The quantitative estimate of drug-likeness (QED) is 0.185. The minimum Gasteiger partial charge on any atom is -0.354 e. The van der Waals surface area contributed by atoms with E-state index < -0.39 is 33.4 Å². The van der Waals surface area contributed by atoms with Gasteiger partial charge in [-0.05, 0) is 50.1 Å². The first kappa shape index (κ1) is 30.3. The molecular weight excluding hydrogens is 532 g/mol. The molecule has 10 nitrogen and oxygen atoms in total. The van der Waals surface area contributed by atoms with Gasteiger partial charge in [0.05, 0.1) is 15.5 Å². The van der Waals surface area contributed by atoms with E-state index in [4.69, 9.17) is 0 Å². The third-order valence-electron chi connectivity index (χ3n) is 6.39. The van der Waals surface area contributed by atoms with Crippen LogP contribution in [0.15, 0.2) is 83.8 Å². The van der Waals surface area contributed by atoms with E-state index in [0.29, 0.717) is 6.54 Å². The summed E-state index contributed by atoms with van der Waals surface area (Å²) in [6.45, 7) is 5.46. The SMILES string of the molecule is CCCCNC(=O)C(C)N(Cc1cccc(C)c1)C(=O)CN(c1ccc([N+](=O)[O-])cc1)S(=O)(=O)c1ccccc1. The van der Waals surface area contributed by atoms with Gasteiger partial charge in [-0.1, -0.05) is 61.4 Å². The number of nitrogens with zero attached hydrogens (tertiary/aromatic N) is 3. The summed E-state index contributed by atoms with van der Waals surface area (Å²) in [7, 11) is -4.24. The molecule has 0 saturated heterocycles. The Morgan fingerprint density at radius 2 is 1.68 bits per heavy atom. The van der Waals surface area contributed by atoms with Crippen LogP contribution in [-0.2, 0) is 26.2 Å². The number of non-ortho nitro benzene ring substituents is 1. The summed E-state index contributed by atoms with van der Waals surface area (Å²) in [5.74, 6) is -0.945. The number of carbonyl (C=O) groups is 2. The maximum Gasteiger partial charge on any atom is 0.269 e. The Hall–Kier alpha value is -4.25. The molecule has 1 unspecified atom stereocenters. The lowest BCUT2D eigenvalue weighted by atomic mass is 10.1. The zero-order chi connectivity index (χ0) is 29.3. The van der Waals surface area contributed by atoms with Gasteiger partial charge in [-0.15, -0.1) is 0 Å². The van der Waals surface area contributed by atoms with E-state index in [1.54, 1.807) is 25.1 Å². The van der Waals surface area contributed by atoms with E-state index in [-0.39, 0.29) is 28.7 Å². The molecular formula is C29H34N4O6S. The highest BCUT2D eigenvalue weighted by Gasteiger charge is 2.32. The number of rotatable bonds is 13. The van der Waals surface area contributed by atoms with Crippen LogP contribution < -0.4 is 9.62 Å². The molecule has 3 aromatic rings. The fourth-order valence-corrected chi connectivity index (χ4v) is 5.55. The molecule has 0 aliphatic heterocycles. The number of hydrogen-bond acceptors (Lipinski definition) is 6. The number of anilines is 1. The van der Waals surface area contributed by atoms with Crippen LogP contribution in [0.4, 0.5) is 11.4 Å². The molecule has 212 valence electrons. The molecule has 0 bridgehead atoms. The van der Waals surface area contributed by atoms with Crippen molar-refractivity contribution >= 4 is 33.2 Å². The van der Waals surface area contributed by atoms with E-state index in [1.807, 2.05) is 38.1 Å². The molecule has 0 saturated carbocycles. The molecule has 1 atom stereocenters. The molecule has 3 rings (SSSR count). The Morgan fingerprint density at radius 3 is 2.27 bits per heavy atom. The van der Waals surface area contributed by atoms with Gasteiger partial charge in [0.2, 0.25) is 11.8 Å². The average Bonchev–Trinajstić information content (AvgIpc) is 2.94. The van der Waals surface area contributed by atoms with Gasteiger partial charge in [-0.2, -0.15) is 0 Å². The number of unbranched alkanes of at least 4 members (excludes halogenated alkanes) is 1. The van der Waals surface area contributed by atoms with E-state index >= 15 is 0 Å². The summed E-state index contributed by atoms with van der Waals surface area (Å²) in [6, 6.07) is 19.2. The minimum absolute atomic E-state index is 0.0447. The topological polar surface area (TPSA) is 130 Å². The van der Waals surface area contributed by atoms with Crippen LogP contribution in [0.2, 0.25) is 0 Å². The summed E-state index contributed by atoms with van der Waals surface area (Å²) in [6.07, 6.45) is 1.68. The van der Waals surface area contributed by atoms with Crippen molar-refractivity contribution in [3.05, 3.63) is 100 Å². The first-order valence-electron chi connectivity index (χ1n) is 13.0. The van der Waals surface area contributed by atoms with Crippen molar-refractivity contribution in [1.29, 1.82) is 0 Å². The van der Waals surface area contributed by atoms with Crippen LogP contribution in [0.25, 0.3) is 0 Å². The number of nitro benzene ring substituents is 1. The second-order valence-electron chi connectivity index (χ2n) is 9.43. The van der Waals surface area contributed by atoms with Gasteiger partial charge in [0, 0.05) is 25.2 Å². The predicted octanol–water partition coefficient (Wildman–Crippen LogP) is 4.43. The number of aryl methyl sites for hydroxylation is 1. The lowest BCUT2D eigenvalue weighted by molar-refractivity contribution is -0.384. The Balaban J connectivity index is 2.01. The number of hydrogen-bond donors (Lipinski definition) is 1. The van der Waals surface area contributed by atoms with Crippen LogP contribution >= 0.6 is 0 Å². The van der Waals surface area contributed by atoms with Gasteiger partial charge in [0.1, 0.15) is 12.6 Å². The summed E-state index contributed by atoms with van der Waals surface area (Å²) in [5, 5.41) is 14.0. The second-order valence-corrected chi connectivity index (χ2v) is 11.3. The fourth-order valence-electron chi connectivity index (χ4n) is 4.11. The third-order valence-corrected chi connectivity index (χ3v) is 8.18. The molecule has 0 radical (unpaired) electrons. The fraction of sp³-hybridized carbons (Fsp3) is 0.310. The monoisotopic (exact) mass is 566 g/mol. The number of benzene rings is 3. The smallest absolute Gasteiger partial charge is 0.269 e. The predicted molar refractivity (Wildman–Crippen MR) is 153 cm³/mol. The lowest BCUT2D eigenvalue weighted by Crippen LogP contribution is -2.51. The number of sulfonamides is 1. The van der Waals surface area contributed by atoms with Gasteiger partial charge < -0.3 is 10.2 Å². The molecule has 11 heteroatoms. The van der Waals surface area contributed by atoms with E-state index in [9.17, 15) is 28.1 Å². The number of carbonyl (C=O) groups excluding carboxylic acids is 2. The molecule has 40 heavy (non-hydrogen) atoms. The average molecular weight is 567 g/mol. The first-order chi connectivity index (χ1) is 19.0. The van der Waals surface area contributed by atoms with Crippen molar-refractivity contribution in [3.8, 4) is 0 Å². The summed E-state index contributed by atoms with van der Waals surface area (Å²) in [4.78, 5) is 38.8. The van der Waals surface area contributed by atoms with Crippen molar-refractivity contribution in [2.24, 2.45) is 0 Å². The second kappa shape index (κ2) is 13.7. The zero-order valence-electron chi connectivity index (χ0n) is 22.8. The normalized spacial score (nSPS) is 11.9. The van der Waals surface area contributed by atoms with Gasteiger partial charge >= 0.3 is 0 Å². The van der Waals surface area contributed by atoms with Crippen molar-refractivity contribution in [2.75, 3.05) is 17.4 Å². The summed E-state index contributed by atoms with van der Waals surface area (Å²) in [5.41, 5.74) is 1.63. The number of amides is 2. The Labute approximate surface area is 234 Å². The molecule has 0 aliphatic rings. The van der Waals surface area contributed by atoms with Crippen LogP contribution in [0.3, 0.4) is 0 Å². The van der Waals surface area contributed by atoms with Crippen LogP contribution in [0, 0.1) is 17.0 Å². The van der Waals surface area contributed by atoms with E-state index in [2.05, 4.69) is 5.32 Å². The van der Waals surface area contributed by atoms with Crippen molar-refractivity contribution in [2.45, 2.75) is 51.1 Å². The Bertz CT molecular complexity index is 1430. The Kier molecular flexibility index (Phi) is 10.4.